The molecule has 1 fully saturated rings. The average Bonchev–Trinajstić information content (AvgIpc) is 2.83. The zero-order chi connectivity index (χ0) is 24.8. The standard InChI is InChI=1S/C28H32O6/c1-17-9-11-21(13-19(17)3)25(29)15-33-27(31)23-7-5-6-8-24(23)28(32)34-16-26(30)22-12-10-18(2)20(4)14-22/h9-14,23-24H,5-8,15-16H2,1-4H3/t23-,24-/m1/s1. The zero-order valence-corrected chi connectivity index (χ0v) is 20.3. The quantitative estimate of drug-likeness (QED) is 0.409. The van der Waals surface area contributed by atoms with Gasteiger partial charge in [0.2, 0.25) is 0 Å². The molecule has 0 spiro atoms. The van der Waals surface area contributed by atoms with Crippen molar-refractivity contribution in [3.05, 3.63) is 69.8 Å². The number of carbonyl (C=O) groups excluding carboxylic acids is 4. The van der Waals surface area contributed by atoms with Crippen LogP contribution in [0.4, 0.5) is 0 Å². The third-order valence-electron chi connectivity index (χ3n) is 6.72. The van der Waals surface area contributed by atoms with Gasteiger partial charge in [-0.1, -0.05) is 37.1 Å². The highest BCUT2D eigenvalue weighted by molar-refractivity contribution is 5.99. The van der Waals surface area contributed by atoms with E-state index < -0.39 is 23.8 Å². The molecule has 0 amide bonds. The molecule has 0 unspecified atom stereocenters. The molecule has 0 radical (unpaired) electrons. The van der Waals surface area contributed by atoms with Crippen molar-refractivity contribution < 1.29 is 28.7 Å². The molecule has 180 valence electrons. The van der Waals surface area contributed by atoms with Crippen molar-refractivity contribution in [2.45, 2.75) is 53.4 Å². The Labute approximate surface area is 200 Å². The lowest BCUT2D eigenvalue weighted by Gasteiger charge is -2.28. The minimum absolute atomic E-state index is 0.287. The van der Waals surface area contributed by atoms with Crippen molar-refractivity contribution in [1.82, 2.24) is 0 Å². The van der Waals surface area contributed by atoms with Gasteiger partial charge >= 0.3 is 11.9 Å². The predicted molar refractivity (Wildman–Crippen MR) is 128 cm³/mol. The monoisotopic (exact) mass is 464 g/mol. The highest BCUT2D eigenvalue weighted by Crippen LogP contribution is 2.32. The summed E-state index contributed by atoms with van der Waals surface area (Å²) in [6.45, 7) is 7.01. The fraction of sp³-hybridized carbons (Fsp3) is 0.429. The van der Waals surface area contributed by atoms with Crippen molar-refractivity contribution in [1.29, 1.82) is 0 Å². The summed E-state index contributed by atoms with van der Waals surface area (Å²) >= 11 is 0. The van der Waals surface area contributed by atoms with Gasteiger partial charge in [-0.2, -0.15) is 0 Å². The van der Waals surface area contributed by atoms with E-state index in [1.807, 2.05) is 39.8 Å². The van der Waals surface area contributed by atoms with Crippen LogP contribution in [0.5, 0.6) is 0 Å². The Morgan fingerprint density at radius 1 is 0.647 bits per heavy atom. The normalized spacial score (nSPS) is 17.6. The van der Waals surface area contributed by atoms with Crippen molar-refractivity contribution in [3.63, 3.8) is 0 Å². The third kappa shape index (κ3) is 6.19. The molecule has 0 heterocycles. The van der Waals surface area contributed by atoms with Crippen LogP contribution in [-0.4, -0.2) is 36.7 Å². The number of hydrogen-bond acceptors (Lipinski definition) is 6. The van der Waals surface area contributed by atoms with Crippen molar-refractivity contribution in [3.8, 4) is 0 Å². The maximum Gasteiger partial charge on any atom is 0.310 e. The first-order valence-corrected chi connectivity index (χ1v) is 11.7. The van der Waals surface area contributed by atoms with Gasteiger partial charge in [-0.3, -0.25) is 19.2 Å². The molecule has 0 aliphatic heterocycles. The smallest absolute Gasteiger partial charge is 0.310 e. The van der Waals surface area contributed by atoms with E-state index >= 15 is 0 Å². The summed E-state index contributed by atoms with van der Waals surface area (Å²) in [4.78, 5) is 50.4. The lowest BCUT2D eigenvalue weighted by Crippen LogP contribution is -2.36. The third-order valence-corrected chi connectivity index (χ3v) is 6.72. The second-order valence-electron chi connectivity index (χ2n) is 9.16. The molecule has 2 atom stereocenters. The number of hydrogen-bond donors (Lipinski definition) is 0. The molecule has 0 saturated heterocycles. The molecule has 0 aromatic heterocycles. The second kappa shape index (κ2) is 11.2. The Morgan fingerprint density at radius 2 is 1.03 bits per heavy atom. The van der Waals surface area contributed by atoms with Gasteiger partial charge in [-0.15, -0.1) is 0 Å². The minimum Gasteiger partial charge on any atom is -0.457 e. The van der Waals surface area contributed by atoms with Crippen LogP contribution in [0.15, 0.2) is 36.4 Å². The fourth-order valence-electron chi connectivity index (χ4n) is 4.18. The summed E-state index contributed by atoms with van der Waals surface area (Å²) in [5, 5.41) is 0. The predicted octanol–water partition coefficient (Wildman–Crippen LogP) is 4.88. The lowest BCUT2D eigenvalue weighted by molar-refractivity contribution is -0.161. The Bertz CT molecular complexity index is 1010. The Hall–Kier alpha value is -3.28. The number of rotatable bonds is 8. The SMILES string of the molecule is Cc1ccc(C(=O)COC(=O)[C@@H]2CCCC[C@H]2C(=O)OCC(=O)c2ccc(C)c(C)c2)cc1C. The van der Waals surface area contributed by atoms with Gasteiger partial charge in [0.1, 0.15) is 0 Å². The van der Waals surface area contributed by atoms with E-state index in [9.17, 15) is 19.2 Å². The van der Waals surface area contributed by atoms with E-state index in [-0.39, 0.29) is 24.8 Å². The van der Waals surface area contributed by atoms with E-state index in [1.165, 1.54) is 0 Å². The summed E-state index contributed by atoms with van der Waals surface area (Å²) in [5.74, 6) is -3.06. The molecule has 1 aliphatic rings. The van der Waals surface area contributed by atoms with E-state index in [1.54, 1.807) is 24.3 Å². The van der Waals surface area contributed by atoms with Crippen LogP contribution in [0.3, 0.4) is 0 Å². The van der Waals surface area contributed by atoms with E-state index in [0.29, 0.717) is 24.0 Å². The number of aryl methyl sites for hydroxylation is 4. The van der Waals surface area contributed by atoms with Crippen LogP contribution in [0.25, 0.3) is 0 Å². The summed E-state index contributed by atoms with van der Waals surface area (Å²) in [6, 6.07) is 10.7. The van der Waals surface area contributed by atoms with Crippen LogP contribution < -0.4 is 0 Å². The van der Waals surface area contributed by atoms with Crippen molar-refractivity contribution >= 4 is 23.5 Å². The maximum atomic E-state index is 12.7. The van der Waals surface area contributed by atoms with Gasteiger partial charge in [-0.25, -0.2) is 0 Å². The number of benzene rings is 2. The molecule has 3 rings (SSSR count). The fourth-order valence-corrected chi connectivity index (χ4v) is 4.18. The number of esters is 2. The van der Waals surface area contributed by atoms with E-state index in [0.717, 1.165) is 35.1 Å². The molecular weight excluding hydrogens is 432 g/mol. The van der Waals surface area contributed by atoms with Crippen LogP contribution in [-0.2, 0) is 19.1 Å². The summed E-state index contributed by atoms with van der Waals surface area (Å²) < 4.78 is 10.6. The molecule has 34 heavy (non-hydrogen) atoms. The van der Waals surface area contributed by atoms with Crippen LogP contribution >= 0.6 is 0 Å². The zero-order valence-electron chi connectivity index (χ0n) is 20.3. The van der Waals surface area contributed by atoms with Crippen LogP contribution in [0.1, 0.15) is 68.7 Å². The molecule has 6 nitrogen and oxygen atoms in total. The van der Waals surface area contributed by atoms with Crippen molar-refractivity contribution in [2.24, 2.45) is 11.8 Å². The summed E-state index contributed by atoms with van der Waals surface area (Å²) in [7, 11) is 0. The number of Topliss-reactive ketones (excluding diaryl/α,β-unsaturated/α-hetero) is 2. The van der Waals surface area contributed by atoms with Gasteiger partial charge in [0.15, 0.2) is 24.8 Å². The van der Waals surface area contributed by atoms with Crippen LogP contribution in [0, 0.1) is 39.5 Å². The molecule has 0 N–H and O–H groups in total. The lowest BCUT2D eigenvalue weighted by atomic mass is 9.79. The largest absolute Gasteiger partial charge is 0.457 e. The highest BCUT2D eigenvalue weighted by atomic mass is 16.5. The van der Waals surface area contributed by atoms with Crippen LogP contribution in [0.2, 0.25) is 0 Å². The van der Waals surface area contributed by atoms with Gasteiger partial charge in [0.25, 0.3) is 0 Å². The first-order valence-electron chi connectivity index (χ1n) is 11.7. The molecule has 1 saturated carbocycles. The number of ether oxygens (including phenoxy) is 2. The first-order chi connectivity index (χ1) is 16.2. The first kappa shape index (κ1) is 25.3. The highest BCUT2D eigenvalue weighted by Gasteiger charge is 2.38. The molecule has 2 aromatic rings. The molecule has 6 heteroatoms. The van der Waals surface area contributed by atoms with Gasteiger partial charge in [0, 0.05) is 11.1 Å². The van der Waals surface area contributed by atoms with Gasteiger partial charge in [0.05, 0.1) is 11.8 Å². The Morgan fingerprint density at radius 3 is 1.38 bits per heavy atom. The molecular formula is C28H32O6. The minimum atomic E-state index is -0.675. The maximum absolute atomic E-state index is 12.7. The number of ketones is 2. The summed E-state index contributed by atoms with van der Waals surface area (Å²) in [6.07, 6.45) is 2.55. The number of carbonyl (C=O) groups is 4. The second-order valence-corrected chi connectivity index (χ2v) is 9.16. The average molecular weight is 465 g/mol. The molecule has 2 aromatic carbocycles. The van der Waals surface area contributed by atoms with Gasteiger partial charge < -0.3 is 9.47 Å². The topological polar surface area (TPSA) is 86.7 Å². The molecule has 0 bridgehead atoms. The van der Waals surface area contributed by atoms with E-state index in [2.05, 4.69) is 0 Å². The summed E-state index contributed by atoms with van der Waals surface area (Å²) in [5.41, 5.74) is 5.10. The van der Waals surface area contributed by atoms with E-state index in [4.69, 9.17) is 9.47 Å². The van der Waals surface area contributed by atoms with Gasteiger partial charge in [-0.05, 0) is 74.9 Å². The van der Waals surface area contributed by atoms with Crippen molar-refractivity contribution in [2.75, 3.05) is 13.2 Å². The Balaban J connectivity index is 1.56. The molecule has 1 aliphatic carbocycles. The Kier molecular flexibility index (Phi) is 8.37.